The van der Waals surface area contributed by atoms with E-state index in [1.165, 1.54) is 0 Å². The zero-order chi connectivity index (χ0) is 15.4. The number of ether oxygens (including phenoxy) is 1. The van der Waals surface area contributed by atoms with Gasteiger partial charge in [-0.15, -0.1) is 0 Å². The summed E-state index contributed by atoms with van der Waals surface area (Å²) in [6.45, 7) is 6.25. The molecule has 1 aromatic heterocycles. The number of nitrogens with zero attached hydrogens (tertiary/aromatic N) is 3. The first-order valence-corrected chi connectivity index (χ1v) is 6.99. The average molecular weight is 287 g/mol. The van der Waals surface area contributed by atoms with Crippen LogP contribution in [0.25, 0.3) is 0 Å². The zero-order valence-electron chi connectivity index (χ0n) is 12.9. The van der Waals surface area contributed by atoms with Gasteiger partial charge in [-0.25, -0.2) is 0 Å². The number of rotatable bonds is 5. The van der Waals surface area contributed by atoms with Crippen molar-refractivity contribution in [2.24, 2.45) is 12.2 Å². The summed E-state index contributed by atoms with van der Waals surface area (Å²) in [5.41, 5.74) is 4.48. The van der Waals surface area contributed by atoms with Gasteiger partial charge in [-0.3, -0.25) is 4.68 Å². The lowest BCUT2D eigenvalue weighted by Crippen LogP contribution is -2.06. The fraction of sp³-hybridized carbons (Fsp3) is 0.375. The van der Waals surface area contributed by atoms with Gasteiger partial charge in [-0.05, 0) is 44.0 Å². The summed E-state index contributed by atoms with van der Waals surface area (Å²) in [4.78, 5) is 0. The smallest absolute Gasteiger partial charge is 0.130 e. The summed E-state index contributed by atoms with van der Waals surface area (Å²) in [5.74, 6) is 0.713. The van der Waals surface area contributed by atoms with Crippen LogP contribution >= 0.6 is 0 Å². The van der Waals surface area contributed by atoms with Crippen LogP contribution < -0.4 is 4.74 Å². The standard InChI is InChI=1S/C16H21N3O2/c1-5-13-9-14(19(4)17-13)10-21-16-8-11(2)6-7-15(16)12(3)18-20/h6-9,20H,5,10H2,1-4H3. The van der Waals surface area contributed by atoms with E-state index in [2.05, 4.69) is 17.2 Å². The maximum Gasteiger partial charge on any atom is 0.130 e. The molecule has 0 fully saturated rings. The minimum atomic E-state index is 0.429. The predicted octanol–water partition coefficient (Wildman–Crippen LogP) is 3.07. The molecule has 112 valence electrons. The van der Waals surface area contributed by atoms with Crippen LogP contribution in [-0.2, 0) is 20.1 Å². The number of hydrogen-bond donors (Lipinski definition) is 1. The Bertz CT molecular complexity index is 660. The highest BCUT2D eigenvalue weighted by Crippen LogP contribution is 2.22. The molecule has 0 aliphatic rings. The Balaban J connectivity index is 2.22. The van der Waals surface area contributed by atoms with E-state index < -0.39 is 0 Å². The van der Waals surface area contributed by atoms with E-state index in [-0.39, 0.29) is 0 Å². The Morgan fingerprint density at radius 3 is 2.76 bits per heavy atom. The van der Waals surface area contributed by atoms with Gasteiger partial charge < -0.3 is 9.94 Å². The fourth-order valence-electron chi connectivity index (χ4n) is 2.13. The number of aryl methyl sites for hydroxylation is 3. The number of oxime groups is 1. The van der Waals surface area contributed by atoms with Gasteiger partial charge in [0.1, 0.15) is 12.4 Å². The summed E-state index contributed by atoms with van der Waals surface area (Å²) in [6, 6.07) is 7.86. The first-order valence-electron chi connectivity index (χ1n) is 6.99. The molecule has 5 nitrogen and oxygen atoms in total. The van der Waals surface area contributed by atoms with E-state index >= 15 is 0 Å². The molecule has 0 atom stereocenters. The monoisotopic (exact) mass is 287 g/mol. The molecule has 0 radical (unpaired) electrons. The van der Waals surface area contributed by atoms with E-state index in [9.17, 15) is 0 Å². The van der Waals surface area contributed by atoms with Crippen molar-refractivity contribution in [1.82, 2.24) is 9.78 Å². The third-order valence-corrected chi connectivity index (χ3v) is 3.44. The van der Waals surface area contributed by atoms with E-state index in [1.54, 1.807) is 6.92 Å². The van der Waals surface area contributed by atoms with Crippen LogP contribution in [0.4, 0.5) is 0 Å². The molecule has 0 aliphatic heterocycles. The summed E-state index contributed by atoms with van der Waals surface area (Å²) in [7, 11) is 1.91. The Morgan fingerprint density at radius 1 is 1.38 bits per heavy atom. The summed E-state index contributed by atoms with van der Waals surface area (Å²) in [6.07, 6.45) is 0.903. The van der Waals surface area contributed by atoms with E-state index in [4.69, 9.17) is 9.94 Å². The topological polar surface area (TPSA) is 59.6 Å². The van der Waals surface area contributed by atoms with Gasteiger partial charge in [-0.1, -0.05) is 18.1 Å². The van der Waals surface area contributed by atoms with Crippen LogP contribution in [0.2, 0.25) is 0 Å². The maximum absolute atomic E-state index is 8.96. The zero-order valence-corrected chi connectivity index (χ0v) is 12.9. The summed E-state index contributed by atoms with van der Waals surface area (Å²) >= 11 is 0. The molecular formula is C16H21N3O2. The Kier molecular flexibility index (Phi) is 4.62. The maximum atomic E-state index is 8.96. The van der Waals surface area contributed by atoms with Gasteiger partial charge in [-0.2, -0.15) is 5.10 Å². The molecule has 0 aliphatic carbocycles. The summed E-state index contributed by atoms with van der Waals surface area (Å²) in [5, 5.41) is 16.6. The van der Waals surface area contributed by atoms with Crippen molar-refractivity contribution in [3.8, 4) is 5.75 Å². The molecule has 0 saturated heterocycles. The van der Waals surface area contributed by atoms with Crippen molar-refractivity contribution in [2.75, 3.05) is 0 Å². The third-order valence-electron chi connectivity index (χ3n) is 3.44. The van der Waals surface area contributed by atoms with Gasteiger partial charge in [0.05, 0.1) is 17.1 Å². The van der Waals surface area contributed by atoms with Crippen LogP contribution in [-0.4, -0.2) is 20.7 Å². The van der Waals surface area contributed by atoms with E-state index in [1.807, 2.05) is 42.9 Å². The fourth-order valence-corrected chi connectivity index (χ4v) is 2.13. The second-order valence-corrected chi connectivity index (χ2v) is 5.08. The number of benzene rings is 1. The molecule has 21 heavy (non-hydrogen) atoms. The lowest BCUT2D eigenvalue weighted by Gasteiger charge is -2.11. The van der Waals surface area contributed by atoms with Crippen molar-refractivity contribution < 1.29 is 9.94 Å². The molecule has 2 rings (SSSR count). The molecule has 2 aromatic rings. The second kappa shape index (κ2) is 6.43. The minimum Gasteiger partial charge on any atom is -0.487 e. The van der Waals surface area contributed by atoms with Gasteiger partial charge >= 0.3 is 0 Å². The molecular weight excluding hydrogens is 266 g/mol. The van der Waals surface area contributed by atoms with Gasteiger partial charge in [0.15, 0.2) is 0 Å². The first-order chi connectivity index (χ1) is 10.0. The molecule has 0 amide bonds. The minimum absolute atomic E-state index is 0.429. The molecule has 1 N–H and O–H groups in total. The van der Waals surface area contributed by atoms with Crippen LogP contribution in [0.3, 0.4) is 0 Å². The molecule has 0 bridgehead atoms. The number of hydrogen-bond acceptors (Lipinski definition) is 4. The van der Waals surface area contributed by atoms with E-state index in [0.717, 1.165) is 28.9 Å². The van der Waals surface area contributed by atoms with Crippen LogP contribution in [0.1, 0.15) is 36.4 Å². The molecule has 0 saturated carbocycles. The molecule has 0 unspecified atom stereocenters. The van der Waals surface area contributed by atoms with Crippen molar-refractivity contribution in [3.05, 3.63) is 46.8 Å². The third kappa shape index (κ3) is 3.42. The van der Waals surface area contributed by atoms with Crippen molar-refractivity contribution in [3.63, 3.8) is 0 Å². The van der Waals surface area contributed by atoms with Crippen LogP contribution in [0.5, 0.6) is 5.75 Å². The Labute approximate surface area is 124 Å². The average Bonchev–Trinajstić information content (AvgIpc) is 2.85. The second-order valence-electron chi connectivity index (χ2n) is 5.08. The quantitative estimate of drug-likeness (QED) is 0.522. The van der Waals surface area contributed by atoms with Gasteiger partial charge in [0.25, 0.3) is 0 Å². The highest BCUT2D eigenvalue weighted by molar-refractivity contribution is 6.00. The van der Waals surface area contributed by atoms with Crippen molar-refractivity contribution >= 4 is 5.71 Å². The van der Waals surface area contributed by atoms with E-state index in [0.29, 0.717) is 18.1 Å². The van der Waals surface area contributed by atoms with Crippen molar-refractivity contribution in [2.45, 2.75) is 33.8 Å². The first kappa shape index (κ1) is 15.1. The number of aromatic nitrogens is 2. The highest BCUT2D eigenvalue weighted by Gasteiger charge is 2.10. The summed E-state index contributed by atoms with van der Waals surface area (Å²) < 4.78 is 7.75. The van der Waals surface area contributed by atoms with Crippen molar-refractivity contribution in [1.29, 1.82) is 0 Å². The van der Waals surface area contributed by atoms with Crippen LogP contribution in [0.15, 0.2) is 29.4 Å². The Morgan fingerprint density at radius 2 is 2.14 bits per heavy atom. The Hall–Kier alpha value is -2.30. The SMILES string of the molecule is CCc1cc(COc2cc(C)ccc2C(C)=NO)n(C)n1. The normalized spacial score (nSPS) is 11.7. The van der Waals surface area contributed by atoms with Crippen LogP contribution in [0, 0.1) is 6.92 Å². The molecule has 1 aromatic carbocycles. The molecule has 1 heterocycles. The largest absolute Gasteiger partial charge is 0.487 e. The molecule has 5 heteroatoms. The highest BCUT2D eigenvalue weighted by atomic mass is 16.5. The predicted molar refractivity (Wildman–Crippen MR) is 82.1 cm³/mol. The lowest BCUT2D eigenvalue weighted by molar-refractivity contribution is 0.293. The van der Waals surface area contributed by atoms with Gasteiger partial charge in [0, 0.05) is 12.6 Å². The molecule has 0 spiro atoms. The lowest BCUT2D eigenvalue weighted by atomic mass is 10.1. The van der Waals surface area contributed by atoms with Gasteiger partial charge in [0.2, 0.25) is 0 Å².